The highest BCUT2D eigenvalue weighted by Crippen LogP contribution is 2.21. The molecule has 0 aromatic carbocycles. The van der Waals surface area contributed by atoms with Gasteiger partial charge < -0.3 is 10.7 Å². The van der Waals surface area contributed by atoms with Gasteiger partial charge >= 0.3 is 0 Å². The molecule has 6 nitrogen and oxygen atoms in total. The van der Waals surface area contributed by atoms with Crippen molar-refractivity contribution in [3.63, 3.8) is 0 Å². The van der Waals surface area contributed by atoms with Crippen LogP contribution in [0.25, 0.3) is 11.5 Å². The molecular formula is C11H12BrN5O. The number of halogens is 1. The maximum atomic E-state index is 11.8. The molecule has 0 spiro atoms. The van der Waals surface area contributed by atoms with E-state index in [4.69, 9.17) is 5.73 Å². The molecule has 0 aliphatic rings. The largest absolute Gasteiger partial charge is 0.322 e. The van der Waals surface area contributed by atoms with Crippen LogP contribution < -0.4 is 11.3 Å². The zero-order chi connectivity index (χ0) is 13.1. The van der Waals surface area contributed by atoms with Gasteiger partial charge in [-0.3, -0.25) is 9.78 Å². The maximum absolute atomic E-state index is 11.8. The zero-order valence-electron chi connectivity index (χ0n) is 9.72. The summed E-state index contributed by atoms with van der Waals surface area (Å²) in [6.45, 7) is 1.88. The van der Waals surface area contributed by atoms with Crippen molar-refractivity contribution in [1.29, 1.82) is 0 Å². The first-order valence-corrected chi connectivity index (χ1v) is 6.26. The number of rotatable bonds is 3. The van der Waals surface area contributed by atoms with Crippen LogP contribution in [0.1, 0.15) is 25.1 Å². The molecule has 2 aromatic heterocycles. The second-order valence-electron chi connectivity index (χ2n) is 3.74. The van der Waals surface area contributed by atoms with Gasteiger partial charge in [0.15, 0.2) is 5.82 Å². The smallest absolute Gasteiger partial charge is 0.274 e. The Kier molecular flexibility index (Phi) is 3.83. The Morgan fingerprint density at radius 3 is 2.89 bits per heavy atom. The van der Waals surface area contributed by atoms with Crippen molar-refractivity contribution in [3.8, 4) is 11.5 Å². The molecule has 0 aliphatic carbocycles. The minimum Gasteiger partial charge on any atom is -0.322 e. The van der Waals surface area contributed by atoms with Crippen molar-refractivity contribution < 1.29 is 0 Å². The Hall–Kier alpha value is -1.60. The second kappa shape index (κ2) is 5.36. The molecular weight excluding hydrogens is 298 g/mol. The van der Waals surface area contributed by atoms with Gasteiger partial charge in [0.1, 0.15) is 11.4 Å². The lowest BCUT2D eigenvalue weighted by atomic mass is 10.2. The molecule has 0 saturated carbocycles. The molecule has 1 atom stereocenters. The maximum Gasteiger partial charge on any atom is 0.274 e. The Morgan fingerprint density at radius 2 is 2.28 bits per heavy atom. The number of aromatic nitrogens is 4. The number of nitrogens with two attached hydrogens (primary N) is 1. The van der Waals surface area contributed by atoms with Crippen LogP contribution in [0.4, 0.5) is 0 Å². The number of hydrogen-bond acceptors (Lipinski definition) is 5. The molecule has 7 heteroatoms. The minimum atomic E-state index is -0.400. The Bertz CT molecular complexity index is 612. The molecule has 0 bridgehead atoms. The van der Waals surface area contributed by atoms with Crippen molar-refractivity contribution in [2.75, 3.05) is 0 Å². The summed E-state index contributed by atoms with van der Waals surface area (Å²) in [5.74, 6) is 0.319. The molecule has 3 N–H and O–H groups in total. The number of H-pyrrole nitrogens is 1. The van der Waals surface area contributed by atoms with Crippen molar-refractivity contribution in [2.24, 2.45) is 5.73 Å². The summed E-state index contributed by atoms with van der Waals surface area (Å²) in [4.78, 5) is 18.6. The normalized spacial score (nSPS) is 12.4. The van der Waals surface area contributed by atoms with Crippen LogP contribution in [0.15, 0.2) is 27.6 Å². The molecule has 1 unspecified atom stereocenters. The molecule has 0 saturated heterocycles. The van der Waals surface area contributed by atoms with Gasteiger partial charge in [-0.05, 0) is 34.5 Å². The zero-order valence-corrected chi connectivity index (χ0v) is 11.3. The van der Waals surface area contributed by atoms with Crippen LogP contribution in [-0.2, 0) is 0 Å². The number of aromatic amines is 1. The standard InChI is InChI=1S/C11H12BrN5O/c1-2-7(13)9-11(18)15-10(17-16-9)8-6(12)4-3-5-14-8/h3-5,7H,2,13H2,1H3,(H,15,17,18). The van der Waals surface area contributed by atoms with Crippen molar-refractivity contribution in [1.82, 2.24) is 20.2 Å². The van der Waals surface area contributed by atoms with E-state index in [0.717, 1.165) is 4.47 Å². The van der Waals surface area contributed by atoms with Crippen LogP contribution in [0.2, 0.25) is 0 Å². The van der Waals surface area contributed by atoms with Gasteiger partial charge in [0.05, 0.1) is 6.04 Å². The van der Waals surface area contributed by atoms with Crippen molar-refractivity contribution >= 4 is 15.9 Å². The van der Waals surface area contributed by atoms with Crippen LogP contribution in [0, 0.1) is 0 Å². The van der Waals surface area contributed by atoms with Gasteiger partial charge in [-0.1, -0.05) is 6.92 Å². The summed E-state index contributed by atoms with van der Waals surface area (Å²) < 4.78 is 0.738. The van der Waals surface area contributed by atoms with Gasteiger partial charge in [-0.15, -0.1) is 10.2 Å². The molecule has 0 radical (unpaired) electrons. The SMILES string of the molecule is CCC(N)c1nnc(-c2ncccc2Br)[nH]c1=O. The van der Waals surface area contributed by atoms with E-state index in [0.29, 0.717) is 17.9 Å². The summed E-state index contributed by atoms with van der Waals surface area (Å²) in [6, 6.07) is 3.19. The molecule has 18 heavy (non-hydrogen) atoms. The fraction of sp³-hybridized carbons (Fsp3) is 0.273. The average Bonchev–Trinajstić information content (AvgIpc) is 2.38. The third-order valence-corrected chi connectivity index (χ3v) is 3.14. The third-order valence-electron chi connectivity index (χ3n) is 2.50. The summed E-state index contributed by atoms with van der Waals surface area (Å²) in [7, 11) is 0. The van der Waals surface area contributed by atoms with Gasteiger partial charge in [0, 0.05) is 10.7 Å². The molecule has 0 fully saturated rings. The topological polar surface area (TPSA) is 97.5 Å². The second-order valence-corrected chi connectivity index (χ2v) is 4.59. The Balaban J connectivity index is 2.47. The van der Waals surface area contributed by atoms with Crippen LogP contribution in [0.5, 0.6) is 0 Å². The van der Waals surface area contributed by atoms with Crippen molar-refractivity contribution in [3.05, 3.63) is 38.9 Å². The van der Waals surface area contributed by atoms with E-state index in [1.165, 1.54) is 0 Å². The summed E-state index contributed by atoms with van der Waals surface area (Å²) in [6.07, 6.45) is 2.25. The van der Waals surface area contributed by atoms with E-state index in [2.05, 4.69) is 36.1 Å². The van der Waals surface area contributed by atoms with E-state index >= 15 is 0 Å². The monoisotopic (exact) mass is 309 g/mol. The van der Waals surface area contributed by atoms with Gasteiger partial charge in [-0.2, -0.15) is 0 Å². The predicted molar refractivity (Wildman–Crippen MR) is 70.8 cm³/mol. The first kappa shape index (κ1) is 12.8. The molecule has 2 rings (SSSR count). The molecule has 94 valence electrons. The van der Waals surface area contributed by atoms with Crippen molar-refractivity contribution in [2.45, 2.75) is 19.4 Å². The Morgan fingerprint density at radius 1 is 1.50 bits per heavy atom. The first-order valence-electron chi connectivity index (χ1n) is 5.46. The molecule has 2 heterocycles. The molecule has 2 aromatic rings. The minimum absolute atomic E-state index is 0.244. The number of nitrogens with one attached hydrogen (secondary N) is 1. The lowest BCUT2D eigenvalue weighted by Gasteiger charge is -2.07. The van der Waals surface area contributed by atoms with Gasteiger partial charge in [0.25, 0.3) is 5.56 Å². The highest BCUT2D eigenvalue weighted by atomic mass is 79.9. The molecule has 0 aliphatic heterocycles. The van der Waals surface area contributed by atoms with Gasteiger partial charge in [-0.25, -0.2) is 0 Å². The van der Waals surface area contributed by atoms with E-state index in [-0.39, 0.29) is 11.3 Å². The van der Waals surface area contributed by atoms with Crippen LogP contribution in [0.3, 0.4) is 0 Å². The third kappa shape index (κ3) is 2.46. The predicted octanol–water partition coefficient (Wildman–Crippen LogP) is 1.40. The number of pyridine rings is 1. The van der Waals surface area contributed by atoms with E-state index in [1.807, 2.05) is 13.0 Å². The van der Waals surface area contributed by atoms with E-state index in [9.17, 15) is 4.79 Å². The fourth-order valence-corrected chi connectivity index (χ4v) is 1.89. The van der Waals surface area contributed by atoms with Gasteiger partial charge in [0.2, 0.25) is 0 Å². The van der Waals surface area contributed by atoms with Crippen LogP contribution >= 0.6 is 15.9 Å². The number of hydrogen-bond donors (Lipinski definition) is 2. The summed E-state index contributed by atoms with van der Waals surface area (Å²) in [5, 5.41) is 7.85. The summed E-state index contributed by atoms with van der Waals surface area (Å²) in [5.41, 5.74) is 6.22. The molecule has 0 amide bonds. The quantitative estimate of drug-likeness (QED) is 0.893. The highest BCUT2D eigenvalue weighted by molar-refractivity contribution is 9.10. The highest BCUT2D eigenvalue weighted by Gasteiger charge is 2.14. The first-order chi connectivity index (χ1) is 8.63. The lowest BCUT2D eigenvalue weighted by molar-refractivity contribution is 0.645. The van der Waals surface area contributed by atoms with E-state index in [1.54, 1.807) is 12.3 Å². The lowest BCUT2D eigenvalue weighted by Crippen LogP contribution is -2.25. The van der Waals surface area contributed by atoms with E-state index < -0.39 is 6.04 Å². The summed E-state index contributed by atoms with van der Waals surface area (Å²) >= 11 is 3.34. The average molecular weight is 310 g/mol. The Labute approximate surface area is 112 Å². The fourth-order valence-electron chi connectivity index (χ4n) is 1.45. The number of nitrogens with zero attached hydrogens (tertiary/aromatic N) is 3. The van der Waals surface area contributed by atoms with Crippen LogP contribution in [-0.4, -0.2) is 20.2 Å².